The van der Waals surface area contributed by atoms with Crippen LogP contribution in [0.25, 0.3) is 0 Å². The van der Waals surface area contributed by atoms with E-state index in [1.807, 2.05) is 60.3 Å². The highest BCUT2D eigenvalue weighted by Crippen LogP contribution is 2.21. The maximum absolute atomic E-state index is 12.4. The van der Waals surface area contributed by atoms with Gasteiger partial charge >= 0.3 is 0 Å². The van der Waals surface area contributed by atoms with Crippen molar-refractivity contribution in [2.24, 2.45) is 5.92 Å². The van der Waals surface area contributed by atoms with Crippen LogP contribution in [0.4, 0.5) is 11.6 Å². The van der Waals surface area contributed by atoms with Gasteiger partial charge in [-0.3, -0.25) is 4.79 Å². The molecule has 1 amide bonds. The van der Waals surface area contributed by atoms with E-state index in [-0.39, 0.29) is 5.91 Å². The Morgan fingerprint density at radius 1 is 1.25 bits per heavy atom. The van der Waals surface area contributed by atoms with Gasteiger partial charge in [-0.25, -0.2) is 4.98 Å². The fraction of sp³-hybridized carbons (Fsp3) is 0.429. The summed E-state index contributed by atoms with van der Waals surface area (Å²) in [5, 5.41) is 11.7. The molecule has 2 aromatic rings. The number of nitrogens with zero attached hydrogens (tertiary/aromatic N) is 5. The summed E-state index contributed by atoms with van der Waals surface area (Å²) in [6, 6.07) is 9.60. The van der Waals surface area contributed by atoms with Crippen LogP contribution in [0.15, 0.2) is 48.7 Å². The predicted octanol–water partition coefficient (Wildman–Crippen LogP) is 2.51. The molecular weight excluding hydrogens is 352 g/mol. The number of carbonyl (C=O) groups is 1. The minimum Gasteiger partial charge on any atom is -0.339 e. The lowest BCUT2D eigenvalue weighted by Crippen LogP contribution is -2.39. The molecule has 1 aliphatic rings. The van der Waals surface area contributed by atoms with Crippen molar-refractivity contribution >= 4 is 17.5 Å². The lowest BCUT2D eigenvalue weighted by atomic mass is 9.93. The molecule has 7 heteroatoms. The fourth-order valence-electron chi connectivity index (χ4n) is 3.30. The summed E-state index contributed by atoms with van der Waals surface area (Å²) >= 11 is 0. The molecule has 0 saturated carbocycles. The van der Waals surface area contributed by atoms with Crippen LogP contribution in [0.2, 0.25) is 0 Å². The van der Waals surface area contributed by atoms with E-state index < -0.39 is 0 Å². The zero-order chi connectivity index (χ0) is 19.8. The van der Waals surface area contributed by atoms with Crippen LogP contribution < -0.4 is 5.32 Å². The van der Waals surface area contributed by atoms with Gasteiger partial charge in [0.25, 0.3) is 0 Å². The van der Waals surface area contributed by atoms with Crippen LogP contribution in [0.3, 0.4) is 0 Å². The summed E-state index contributed by atoms with van der Waals surface area (Å²) in [6.07, 6.45) is 8.33. The third-order valence-corrected chi connectivity index (χ3v) is 4.70. The Balaban J connectivity index is 1.52. The first-order valence-electron chi connectivity index (χ1n) is 9.71. The van der Waals surface area contributed by atoms with Gasteiger partial charge in [-0.15, -0.1) is 5.10 Å². The number of likely N-dealkylation sites (N-methyl/N-ethyl adjacent to an activating group) is 1. The van der Waals surface area contributed by atoms with Crippen molar-refractivity contribution in [2.45, 2.75) is 19.3 Å². The highest BCUT2D eigenvalue weighted by Gasteiger charge is 2.23. The van der Waals surface area contributed by atoms with Gasteiger partial charge in [0.15, 0.2) is 5.82 Å². The van der Waals surface area contributed by atoms with E-state index in [1.54, 1.807) is 12.3 Å². The van der Waals surface area contributed by atoms with Gasteiger partial charge in [-0.05, 0) is 63.5 Å². The Kier molecular flexibility index (Phi) is 7.08. The zero-order valence-corrected chi connectivity index (χ0v) is 16.6. The molecule has 0 bridgehead atoms. The number of hydrogen-bond donors (Lipinski definition) is 1. The first-order chi connectivity index (χ1) is 13.6. The summed E-state index contributed by atoms with van der Waals surface area (Å²) < 4.78 is 0. The summed E-state index contributed by atoms with van der Waals surface area (Å²) in [6.45, 7) is 2.39. The van der Waals surface area contributed by atoms with Crippen LogP contribution in [-0.2, 0) is 11.2 Å². The van der Waals surface area contributed by atoms with Crippen molar-refractivity contribution in [1.29, 1.82) is 0 Å². The van der Waals surface area contributed by atoms with E-state index in [1.165, 1.54) is 0 Å². The Morgan fingerprint density at radius 3 is 2.86 bits per heavy atom. The number of carbonyl (C=O) groups excluding carboxylic acids is 1. The minimum atomic E-state index is 0.104. The second-order valence-corrected chi connectivity index (χ2v) is 7.41. The molecule has 3 heterocycles. The number of anilines is 2. The number of amides is 1. The van der Waals surface area contributed by atoms with Crippen molar-refractivity contribution in [3.05, 3.63) is 54.4 Å². The van der Waals surface area contributed by atoms with Gasteiger partial charge in [0, 0.05) is 31.9 Å². The van der Waals surface area contributed by atoms with E-state index in [2.05, 4.69) is 20.5 Å². The number of pyridine rings is 1. The first kappa shape index (κ1) is 19.9. The summed E-state index contributed by atoms with van der Waals surface area (Å²) in [4.78, 5) is 20.6. The Hall–Kier alpha value is -2.80. The minimum absolute atomic E-state index is 0.104. The quantitative estimate of drug-likeness (QED) is 0.744. The standard InChI is InChI=1S/C21H28N6O/c1-26(2)13-6-9-21(28)27-14-5-7-17(16-27)15-18-10-11-20(25-24-18)23-19-8-3-4-12-22-19/h3-4,6,8-12,17H,5,7,13-16H2,1-2H3,(H,22,23,25)/b9-6+/t17-/m1/s1. The molecule has 7 nitrogen and oxygen atoms in total. The van der Waals surface area contributed by atoms with Crippen LogP contribution in [-0.4, -0.2) is 64.6 Å². The Bertz CT molecular complexity index is 775. The predicted molar refractivity (Wildman–Crippen MR) is 110 cm³/mol. The average Bonchev–Trinajstić information content (AvgIpc) is 2.70. The summed E-state index contributed by atoms with van der Waals surface area (Å²) in [7, 11) is 3.98. The number of aromatic nitrogens is 3. The largest absolute Gasteiger partial charge is 0.339 e. The molecule has 148 valence electrons. The van der Waals surface area contributed by atoms with Gasteiger partial charge in [-0.2, -0.15) is 5.10 Å². The molecule has 1 atom stereocenters. The van der Waals surface area contributed by atoms with Crippen molar-refractivity contribution in [1.82, 2.24) is 25.0 Å². The molecular formula is C21H28N6O. The molecule has 3 rings (SSSR count). The molecule has 1 aliphatic heterocycles. The van der Waals surface area contributed by atoms with Crippen LogP contribution >= 0.6 is 0 Å². The van der Waals surface area contributed by atoms with Gasteiger partial charge in [0.1, 0.15) is 5.82 Å². The van der Waals surface area contributed by atoms with E-state index in [4.69, 9.17) is 0 Å². The van der Waals surface area contributed by atoms with Gasteiger partial charge in [0.05, 0.1) is 5.69 Å². The van der Waals surface area contributed by atoms with Crippen molar-refractivity contribution in [3.63, 3.8) is 0 Å². The Labute approximate surface area is 166 Å². The highest BCUT2D eigenvalue weighted by molar-refractivity contribution is 5.87. The highest BCUT2D eigenvalue weighted by atomic mass is 16.2. The second-order valence-electron chi connectivity index (χ2n) is 7.41. The van der Waals surface area contributed by atoms with Crippen LogP contribution in [0.5, 0.6) is 0 Å². The van der Waals surface area contributed by atoms with E-state index in [9.17, 15) is 4.79 Å². The van der Waals surface area contributed by atoms with Crippen molar-refractivity contribution in [3.8, 4) is 0 Å². The maximum atomic E-state index is 12.4. The number of nitrogens with one attached hydrogen (secondary N) is 1. The summed E-state index contributed by atoms with van der Waals surface area (Å²) in [5.74, 6) is 1.94. The third-order valence-electron chi connectivity index (χ3n) is 4.70. The normalized spacial score (nSPS) is 17.2. The second kappa shape index (κ2) is 9.94. The third kappa shape index (κ3) is 6.13. The van der Waals surface area contributed by atoms with Gasteiger partial charge in [0.2, 0.25) is 5.91 Å². The molecule has 0 spiro atoms. The zero-order valence-electron chi connectivity index (χ0n) is 16.6. The topological polar surface area (TPSA) is 74.2 Å². The SMILES string of the molecule is CN(C)C/C=C/C(=O)N1CCC[C@H](Cc2ccc(Nc3ccccn3)nn2)C1. The molecule has 1 fully saturated rings. The summed E-state index contributed by atoms with van der Waals surface area (Å²) in [5.41, 5.74) is 0.953. The lowest BCUT2D eigenvalue weighted by molar-refractivity contribution is -0.127. The van der Waals surface area contributed by atoms with Crippen LogP contribution in [0, 0.1) is 5.92 Å². The smallest absolute Gasteiger partial charge is 0.246 e. The number of rotatable bonds is 7. The number of piperidine rings is 1. The molecule has 0 aliphatic carbocycles. The molecule has 0 unspecified atom stereocenters. The van der Waals surface area contributed by atoms with Crippen LogP contribution in [0.1, 0.15) is 18.5 Å². The molecule has 0 radical (unpaired) electrons. The number of likely N-dealkylation sites (tertiary alicyclic amines) is 1. The lowest BCUT2D eigenvalue weighted by Gasteiger charge is -2.32. The average molecular weight is 380 g/mol. The fourth-order valence-corrected chi connectivity index (χ4v) is 3.30. The number of hydrogen-bond acceptors (Lipinski definition) is 6. The molecule has 28 heavy (non-hydrogen) atoms. The van der Waals surface area contributed by atoms with Crippen molar-refractivity contribution in [2.75, 3.05) is 39.0 Å². The molecule has 1 N–H and O–H groups in total. The molecule has 1 saturated heterocycles. The molecule has 2 aromatic heterocycles. The molecule has 0 aromatic carbocycles. The van der Waals surface area contributed by atoms with E-state index >= 15 is 0 Å². The van der Waals surface area contributed by atoms with Crippen molar-refractivity contribution < 1.29 is 4.79 Å². The monoisotopic (exact) mass is 380 g/mol. The van der Waals surface area contributed by atoms with E-state index in [0.29, 0.717) is 11.7 Å². The van der Waals surface area contributed by atoms with E-state index in [0.717, 1.165) is 50.4 Å². The first-order valence-corrected chi connectivity index (χ1v) is 9.71. The van der Waals surface area contributed by atoms with Gasteiger partial charge < -0.3 is 15.1 Å². The Morgan fingerprint density at radius 2 is 2.14 bits per heavy atom. The van der Waals surface area contributed by atoms with Gasteiger partial charge in [-0.1, -0.05) is 12.1 Å². The maximum Gasteiger partial charge on any atom is 0.246 e.